The maximum Gasteiger partial charge on any atom is 0.306 e. The largest absolute Gasteiger partial charge is 0.493 e. The highest BCUT2D eigenvalue weighted by atomic mass is 35.5. The van der Waals surface area contributed by atoms with Gasteiger partial charge in [0.1, 0.15) is 39.8 Å². The molecule has 0 aliphatic heterocycles. The summed E-state index contributed by atoms with van der Waals surface area (Å²) < 4.78 is 28.0. The van der Waals surface area contributed by atoms with Gasteiger partial charge in [0.2, 0.25) is 5.91 Å². The van der Waals surface area contributed by atoms with Crippen LogP contribution in [-0.2, 0) is 35.3 Å². The number of nitrogens with one attached hydrogen (secondary N) is 3. The molecule has 0 spiro atoms. The zero-order valence-corrected chi connectivity index (χ0v) is 36.5. The number of benzene rings is 1. The van der Waals surface area contributed by atoms with E-state index in [1.807, 2.05) is 36.7 Å². The molecule has 2 aliphatic carbocycles. The molecule has 0 radical (unpaired) electrons. The van der Waals surface area contributed by atoms with Crippen molar-refractivity contribution >= 4 is 106 Å². The summed E-state index contributed by atoms with van der Waals surface area (Å²) in [6.45, 7) is 0. The van der Waals surface area contributed by atoms with Gasteiger partial charge in [0.05, 0.1) is 70.7 Å². The molecule has 4 N–H and O–H groups in total. The lowest BCUT2D eigenvalue weighted by molar-refractivity contribution is -0.142. The van der Waals surface area contributed by atoms with Gasteiger partial charge in [-0.2, -0.15) is 10.2 Å². The number of rotatable bonds is 9. The fourth-order valence-electron chi connectivity index (χ4n) is 8.33. The molecule has 11 rings (SSSR count). The summed E-state index contributed by atoms with van der Waals surface area (Å²) in [5.41, 5.74) is 6.22. The summed E-state index contributed by atoms with van der Waals surface area (Å²) >= 11 is 9.00. The Kier molecular flexibility index (Phi) is 10.9. The molecule has 16 nitrogen and oxygen atoms in total. The van der Waals surface area contributed by atoms with Gasteiger partial charge in [-0.3, -0.25) is 9.59 Å². The van der Waals surface area contributed by atoms with Crippen molar-refractivity contribution in [3.8, 4) is 11.5 Å². The molecule has 0 saturated heterocycles. The number of aromatic nitrogens is 8. The number of aryl methyl sites for hydroxylation is 2. The number of carboxylic acids is 1. The van der Waals surface area contributed by atoms with E-state index in [0.717, 1.165) is 70.1 Å². The molecular formula is C44H37ClFN11O5S2. The van der Waals surface area contributed by atoms with Crippen molar-refractivity contribution in [1.29, 1.82) is 0 Å². The highest BCUT2D eigenvalue weighted by Gasteiger charge is 2.31. The van der Waals surface area contributed by atoms with Gasteiger partial charge in [-0.1, -0.05) is 11.6 Å². The summed E-state index contributed by atoms with van der Waals surface area (Å²) in [6, 6.07) is 11.9. The van der Waals surface area contributed by atoms with Crippen LogP contribution >= 0.6 is 34.3 Å². The predicted octanol–water partition coefficient (Wildman–Crippen LogP) is 8.91. The van der Waals surface area contributed by atoms with Crippen LogP contribution in [0.1, 0.15) is 33.7 Å². The Labute approximate surface area is 376 Å². The minimum absolute atomic E-state index is 0.0224. The summed E-state index contributed by atoms with van der Waals surface area (Å²) in [7, 11) is 3.23. The number of hydrogen-bond donors (Lipinski definition) is 4. The van der Waals surface area contributed by atoms with Crippen LogP contribution in [0.5, 0.6) is 11.5 Å². The number of hydrogen-bond acceptors (Lipinski definition) is 14. The standard InChI is InChI=1S/C25H20ClFN6O2S.C19H17N5O3S/c1-35-20-11-33-15(6-7-30-33)10-19(20)32-23-22-16-4-2-13(8-21(16)36-25(22)29-12-28-23)24(34)31-14-3-5-18(27)17(26)9-14;1-27-14-8-24-11(4-5-22-24)7-13(14)23-17-16-12-3-2-10(19(25)26)6-15(12)28-18(16)21-9-20-17/h3,5-7,9-13H,2,4,8H2,1H3,(H,31,34)(H,28,29,32);4-5,7-10H,2-3,6H2,1H3,(H,25,26)(H,20,21,23)/t13-;10-/m00/s1. The Balaban J connectivity index is 0.000000156. The molecular weight excluding hydrogens is 881 g/mol. The van der Waals surface area contributed by atoms with E-state index in [0.29, 0.717) is 60.9 Å². The van der Waals surface area contributed by atoms with Gasteiger partial charge in [0, 0.05) is 33.8 Å². The normalized spacial score (nSPS) is 15.6. The summed E-state index contributed by atoms with van der Waals surface area (Å²) in [6.07, 6.45) is 14.1. The zero-order valence-electron chi connectivity index (χ0n) is 34.1. The van der Waals surface area contributed by atoms with Crippen LogP contribution in [0.25, 0.3) is 31.5 Å². The number of aliphatic carboxylic acids is 1. The van der Waals surface area contributed by atoms with Crippen molar-refractivity contribution in [1.82, 2.24) is 39.2 Å². The maximum atomic E-state index is 13.5. The molecule has 2 atom stereocenters. The minimum Gasteiger partial charge on any atom is -0.493 e. The van der Waals surface area contributed by atoms with Crippen LogP contribution in [0.4, 0.5) is 33.1 Å². The third-order valence-corrected chi connectivity index (χ3v) is 14.2. The summed E-state index contributed by atoms with van der Waals surface area (Å²) in [5.74, 6) is 0.808. The average molecular weight is 918 g/mol. The Morgan fingerprint density at radius 2 is 1.30 bits per heavy atom. The number of fused-ring (bicyclic) bond motifs is 8. The molecule has 324 valence electrons. The van der Waals surface area contributed by atoms with Gasteiger partial charge >= 0.3 is 5.97 Å². The van der Waals surface area contributed by atoms with E-state index in [4.69, 9.17) is 21.1 Å². The first-order chi connectivity index (χ1) is 31.1. The van der Waals surface area contributed by atoms with Crippen LogP contribution in [0, 0.1) is 17.7 Å². The molecule has 0 saturated carbocycles. The molecule has 64 heavy (non-hydrogen) atoms. The van der Waals surface area contributed by atoms with Crippen molar-refractivity contribution in [2.45, 2.75) is 38.5 Å². The van der Waals surface area contributed by atoms with Crippen molar-refractivity contribution < 1.29 is 28.6 Å². The first kappa shape index (κ1) is 41.1. The number of carbonyl (C=O) groups excluding carboxylic acids is 1. The number of ether oxygens (including phenoxy) is 2. The monoisotopic (exact) mass is 917 g/mol. The van der Waals surface area contributed by atoms with Crippen LogP contribution in [0.3, 0.4) is 0 Å². The van der Waals surface area contributed by atoms with E-state index in [-0.39, 0.29) is 22.8 Å². The number of nitrogens with zero attached hydrogens (tertiary/aromatic N) is 8. The van der Waals surface area contributed by atoms with Gasteiger partial charge in [-0.25, -0.2) is 33.4 Å². The Morgan fingerprint density at radius 1 is 0.766 bits per heavy atom. The van der Waals surface area contributed by atoms with Crippen LogP contribution < -0.4 is 25.4 Å². The van der Waals surface area contributed by atoms with Crippen LogP contribution in [0.2, 0.25) is 5.02 Å². The average Bonchev–Trinajstić information content (AvgIpc) is 4.11. The van der Waals surface area contributed by atoms with E-state index in [1.165, 1.54) is 24.5 Å². The van der Waals surface area contributed by atoms with Crippen molar-refractivity contribution in [3.63, 3.8) is 0 Å². The second-order valence-corrected chi connectivity index (χ2v) is 17.9. The molecule has 0 fully saturated rings. The highest BCUT2D eigenvalue weighted by molar-refractivity contribution is 7.19. The summed E-state index contributed by atoms with van der Waals surface area (Å²) in [4.78, 5) is 46.2. The number of carboxylic acid groups (broad SMARTS) is 1. The number of anilines is 5. The first-order valence-electron chi connectivity index (χ1n) is 20.2. The highest BCUT2D eigenvalue weighted by Crippen LogP contribution is 2.43. The minimum atomic E-state index is -0.730. The topological polar surface area (TPSA) is 195 Å². The second-order valence-electron chi connectivity index (χ2n) is 15.3. The fourth-order valence-corrected chi connectivity index (χ4v) is 11.0. The number of methoxy groups -OCH3 is 2. The van der Waals surface area contributed by atoms with Gasteiger partial charge in [-0.15, -0.1) is 22.7 Å². The Morgan fingerprint density at radius 3 is 1.81 bits per heavy atom. The zero-order chi connectivity index (χ0) is 44.1. The molecule has 0 bridgehead atoms. The van der Waals surface area contributed by atoms with Crippen LogP contribution in [-0.4, -0.2) is 70.4 Å². The Hall–Kier alpha value is -6.96. The molecule has 1 aromatic carbocycles. The van der Waals surface area contributed by atoms with Crippen molar-refractivity contribution in [2.75, 3.05) is 30.2 Å². The number of thiophene rings is 2. The van der Waals surface area contributed by atoms with Crippen molar-refractivity contribution in [2.24, 2.45) is 11.8 Å². The molecule has 2 aliphatic rings. The lowest BCUT2D eigenvalue weighted by Crippen LogP contribution is -2.27. The predicted molar refractivity (Wildman–Crippen MR) is 244 cm³/mol. The van der Waals surface area contributed by atoms with E-state index < -0.39 is 11.8 Å². The number of amides is 1. The van der Waals surface area contributed by atoms with E-state index >= 15 is 0 Å². The first-order valence-corrected chi connectivity index (χ1v) is 22.2. The second kappa shape index (κ2) is 17.0. The molecule has 1 amide bonds. The maximum absolute atomic E-state index is 13.5. The summed E-state index contributed by atoms with van der Waals surface area (Å²) in [5, 5.41) is 29.5. The van der Waals surface area contributed by atoms with Gasteiger partial charge in [0.25, 0.3) is 0 Å². The third-order valence-electron chi connectivity index (χ3n) is 11.5. The van der Waals surface area contributed by atoms with Gasteiger partial charge in [0.15, 0.2) is 11.5 Å². The fraction of sp³-hybridized carbons (Fsp3) is 0.227. The van der Waals surface area contributed by atoms with Gasteiger partial charge < -0.3 is 30.5 Å². The quantitative estimate of drug-likeness (QED) is 0.107. The van der Waals surface area contributed by atoms with E-state index in [2.05, 4.69) is 46.1 Å². The molecule has 20 heteroatoms. The number of halogens is 2. The van der Waals surface area contributed by atoms with Crippen molar-refractivity contribution in [3.05, 3.63) is 112 Å². The third kappa shape index (κ3) is 7.75. The SMILES string of the molecule is COc1cn2nccc2cc1Nc1ncnc2sc3c(c12)CC[C@H](C(=O)Nc1ccc(F)c(Cl)c1)C3.COc1cn2nccc2cc1Nc1ncnc2sc3c(c12)CC[C@H](C(=O)O)C3. The molecule has 9 aromatic rings. The molecule has 0 unspecified atom stereocenters. The lowest BCUT2D eigenvalue weighted by atomic mass is 9.87. The van der Waals surface area contributed by atoms with E-state index in [9.17, 15) is 19.1 Å². The smallest absolute Gasteiger partial charge is 0.306 e. The lowest BCUT2D eigenvalue weighted by Gasteiger charge is -2.22. The number of pyridine rings is 2. The molecule has 8 aromatic heterocycles. The van der Waals surface area contributed by atoms with E-state index in [1.54, 1.807) is 64.6 Å². The number of carbonyl (C=O) groups is 2. The van der Waals surface area contributed by atoms with Crippen LogP contribution in [0.15, 0.2) is 79.9 Å². The Bertz CT molecular complexity index is 3280. The molecule has 8 heterocycles. The van der Waals surface area contributed by atoms with Gasteiger partial charge in [-0.05, 0) is 92.1 Å².